The summed E-state index contributed by atoms with van der Waals surface area (Å²) in [6.45, 7) is 3.67. The van der Waals surface area contributed by atoms with Gasteiger partial charge in [-0.3, -0.25) is 4.79 Å². The van der Waals surface area contributed by atoms with Crippen molar-refractivity contribution in [3.8, 4) is 0 Å². The van der Waals surface area contributed by atoms with Crippen molar-refractivity contribution in [2.75, 3.05) is 19.6 Å². The number of nitrogens with one attached hydrogen (secondary N) is 1. The van der Waals surface area contributed by atoms with Crippen LogP contribution in [0, 0.1) is 5.92 Å². The number of hydrogen-bond acceptors (Lipinski definition) is 3. The van der Waals surface area contributed by atoms with Crippen molar-refractivity contribution in [1.29, 1.82) is 0 Å². The van der Waals surface area contributed by atoms with E-state index >= 15 is 0 Å². The molecule has 4 nitrogen and oxygen atoms in total. The van der Waals surface area contributed by atoms with Crippen LogP contribution in [0.3, 0.4) is 0 Å². The summed E-state index contributed by atoms with van der Waals surface area (Å²) in [5, 5.41) is 3.10. The van der Waals surface area contributed by atoms with E-state index in [1.165, 1.54) is 25.8 Å². The molecule has 1 unspecified atom stereocenters. The lowest BCUT2D eigenvalue weighted by atomic mass is 10.0. The first kappa shape index (κ1) is 14.5. The number of carbonyl (C=O) groups excluding carboxylic acids is 1. The zero-order valence-electron chi connectivity index (χ0n) is 12.6. The largest absolute Gasteiger partial charge is 0.355 e. The van der Waals surface area contributed by atoms with E-state index in [2.05, 4.69) is 10.2 Å². The predicted octanol–water partition coefficient (Wildman–Crippen LogP) is 1.29. The molecule has 2 fully saturated rings. The number of hydrogen-bond donors (Lipinski definition) is 2. The third kappa shape index (κ3) is 3.83. The molecular formula is C17H25N3O. The predicted molar refractivity (Wildman–Crippen MR) is 83.7 cm³/mol. The van der Waals surface area contributed by atoms with Gasteiger partial charge in [-0.15, -0.1) is 0 Å². The van der Waals surface area contributed by atoms with Crippen LogP contribution in [-0.4, -0.2) is 36.5 Å². The van der Waals surface area contributed by atoms with E-state index in [0.29, 0.717) is 18.9 Å². The second-order valence-electron chi connectivity index (χ2n) is 6.33. The molecule has 0 radical (unpaired) electrons. The molecule has 0 bridgehead atoms. The van der Waals surface area contributed by atoms with E-state index < -0.39 is 0 Å². The molecule has 0 spiro atoms. The summed E-state index contributed by atoms with van der Waals surface area (Å²) in [7, 11) is 0. The minimum Gasteiger partial charge on any atom is -0.355 e. The summed E-state index contributed by atoms with van der Waals surface area (Å²) in [6.07, 6.45) is 4.40. The van der Waals surface area contributed by atoms with Gasteiger partial charge in [0.1, 0.15) is 0 Å². The molecule has 1 amide bonds. The van der Waals surface area contributed by atoms with E-state index in [4.69, 9.17) is 5.73 Å². The minimum atomic E-state index is 0.112. The molecule has 3 rings (SSSR count). The molecule has 1 aliphatic carbocycles. The zero-order valence-corrected chi connectivity index (χ0v) is 12.6. The van der Waals surface area contributed by atoms with Gasteiger partial charge in [-0.05, 0) is 42.9 Å². The molecule has 1 saturated carbocycles. The van der Waals surface area contributed by atoms with Gasteiger partial charge in [0, 0.05) is 25.7 Å². The molecule has 1 aromatic rings. The first-order valence-electron chi connectivity index (χ1n) is 8.04. The topological polar surface area (TPSA) is 58.4 Å². The van der Waals surface area contributed by atoms with Gasteiger partial charge in [0.25, 0.3) is 0 Å². The van der Waals surface area contributed by atoms with Gasteiger partial charge < -0.3 is 16.0 Å². The normalized spacial score (nSPS) is 22.4. The summed E-state index contributed by atoms with van der Waals surface area (Å²) in [5.41, 5.74) is 7.82. The Kier molecular flexibility index (Phi) is 4.56. The van der Waals surface area contributed by atoms with Crippen LogP contribution in [-0.2, 0) is 17.8 Å². The molecule has 1 saturated heterocycles. The quantitative estimate of drug-likeness (QED) is 0.829. The monoisotopic (exact) mass is 287 g/mol. The van der Waals surface area contributed by atoms with Crippen molar-refractivity contribution >= 4 is 5.91 Å². The summed E-state index contributed by atoms with van der Waals surface area (Å²) in [6, 6.07) is 8.77. The minimum absolute atomic E-state index is 0.112. The molecule has 0 aromatic heterocycles. The van der Waals surface area contributed by atoms with Gasteiger partial charge in [-0.2, -0.15) is 0 Å². The fraction of sp³-hybridized carbons (Fsp3) is 0.588. The summed E-state index contributed by atoms with van der Waals surface area (Å²) in [4.78, 5) is 14.7. The van der Waals surface area contributed by atoms with E-state index in [-0.39, 0.29) is 5.91 Å². The maximum Gasteiger partial charge on any atom is 0.224 e. The van der Waals surface area contributed by atoms with Gasteiger partial charge in [-0.25, -0.2) is 0 Å². The summed E-state index contributed by atoms with van der Waals surface area (Å²) in [5.74, 6) is 0.736. The van der Waals surface area contributed by atoms with Crippen molar-refractivity contribution in [1.82, 2.24) is 10.2 Å². The van der Waals surface area contributed by atoms with Gasteiger partial charge in [-0.1, -0.05) is 24.3 Å². The van der Waals surface area contributed by atoms with Gasteiger partial charge in [0.15, 0.2) is 0 Å². The number of carbonyl (C=O) groups is 1. The van der Waals surface area contributed by atoms with E-state index in [9.17, 15) is 4.79 Å². The fourth-order valence-corrected chi connectivity index (χ4v) is 3.22. The number of likely N-dealkylation sites (tertiary alicyclic amines) is 1. The third-order valence-electron chi connectivity index (χ3n) is 4.66. The lowest BCUT2D eigenvalue weighted by molar-refractivity contribution is -0.120. The Morgan fingerprint density at radius 2 is 2.00 bits per heavy atom. The van der Waals surface area contributed by atoms with Crippen LogP contribution in [0.4, 0.5) is 0 Å². The average Bonchev–Trinajstić information content (AvgIpc) is 3.25. The summed E-state index contributed by atoms with van der Waals surface area (Å²) >= 11 is 0. The van der Waals surface area contributed by atoms with Crippen LogP contribution < -0.4 is 11.1 Å². The molecule has 114 valence electrons. The zero-order chi connectivity index (χ0) is 14.7. The summed E-state index contributed by atoms with van der Waals surface area (Å²) < 4.78 is 0. The average molecular weight is 287 g/mol. The maximum atomic E-state index is 12.1. The highest BCUT2D eigenvalue weighted by Crippen LogP contribution is 2.31. The van der Waals surface area contributed by atoms with Crippen LogP contribution in [0.5, 0.6) is 0 Å². The van der Waals surface area contributed by atoms with Crippen LogP contribution >= 0.6 is 0 Å². The van der Waals surface area contributed by atoms with Gasteiger partial charge in [0.05, 0.1) is 6.42 Å². The van der Waals surface area contributed by atoms with Crippen LogP contribution in [0.2, 0.25) is 0 Å². The molecule has 1 heterocycles. The number of nitrogens with two attached hydrogens (primary N) is 1. The highest BCUT2D eigenvalue weighted by Gasteiger charge is 2.34. The maximum absolute atomic E-state index is 12.1. The van der Waals surface area contributed by atoms with Crippen molar-refractivity contribution < 1.29 is 4.79 Å². The Balaban J connectivity index is 1.44. The Morgan fingerprint density at radius 3 is 2.71 bits per heavy atom. The van der Waals surface area contributed by atoms with Crippen LogP contribution in [0.1, 0.15) is 30.4 Å². The highest BCUT2D eigenvalue weighted by atomic mass is 16.1. The van der Waals surface area contributed by atoms with Crippen molar-refractivity contribution in [2.24, 2.45) is 11.7 Å². The second-order valence-corrected chi connectivity index (χ2v) is 6.33. The lowest BCUT2D eigenvalue weighted by Gasteiger charge is -2.15. The Bertz CT molecular complexity index is 499. The Labute approximate surface area is 126 Å². The molecule has 1 atom stereocenters. The number of rotatable bonds is 6. The fourth-order valence-electron chi connectivity index (χ4n) is 3.22. The standard InChI is InChI=1S/C17H25N3O/c18-10-15-4-2-1-3-14(15)9-17(21)19-11-13-7-8-20(12-13)16-5-6-16/h1-4,13,16H,5-12,18H2,(H,19,21). The first-order chi connectivity index (χ1) is 10.3. The molecule has 3 N–H and O–H groups in total. The van der Waals surface area contributed by atoms with Gasteiger partial charge >= 0.3 is 0 Å². The van der Waals surface area contributed by atoms with Crippen molar-refractivity contribution in [3.05, 3.63) is 35.4 Å². The Hall–Kier alpha value is -1.39. The van der Waals surface area contributed by atoms with E-state index in [0.717, 1.165) is 30.3 Å². The van der Waals surface area contributed by atoms with Crippen molar-refractivity contribution in [2.45, 2.75) is 38.3 Å². The van der Waals surface area contributed by atoms with E-state index in [1.807, 2.05) is 24.3 Å². The first-order valence-corrected chi connectivity index (χ1v) is 8.04. The molecule has 1 aromatic carbocycles. The third-order valence-corrected chi connectivity index (χ3v) is 4.66. The SMILES string of the molecule is NCc1ccccc1CC(=O)NCC1CCN(C2CC2)C1. The number of amides is 1. The van der Waals surface area contributed by atoms with Crippen molar-refractivity contribution in [3.63, 3.8) is 0 Å². The number of nitrogens with zero attached hydrogens (tertiary/aromatic N) is 1. The molecular weight excluding hydrogens is 262 g/mol. The molecule has 1 aliphatic heterocycles. The molecule has 2 aliphatic rings. The van der Waals surface area contributed by atoms with Crippen LogP contribution in [0.15, 0.2) is 24.3 Å². The van der Waals surface area contributed by atoms with Crippen LogP contribution in [0.25, 0.3) is 0 Å². The highest BCUT2D eigenvalue weighted by molar-refractivity contribution is 5.78. The van der Waals surface area contributed by atoms with E-state index in [1.54, 1.807) is 0 Å². The number of benzene rings is 1. The van der Waals surface area contributed by atoms with Gasteiger partial charge in [0.2, 0.25) is 5.91 Å². The Morgan fingerprint density at radius 1 is 1.24 bits per heavy atom. The molecule has 21 heavy (non-hydrogen) atoms. The lowest BCUT2D eigenvalue weighted by Crippen LogP contribution is -2.32. The molecule has 4 heteroatoms. The second kappa shape index (κ2) is 6.58. The smallest absolute Gasteiger partial charge is 0.224 e.